The van der Waals surface area contributed by atoms with Crippen molar-refractivity contribution in [3.8, 4) is 0 Å². The number of benzene rings is 1. The standard InChI is InChI=1S/C42H72N4O11.C6H12O/c1-11-41(8,30-56-24-23-55-28-35(48)45-42(9,12-2)40(6,7)20-22-54-25-26-57-39(3,4)5)29-43-34(47)18-17-33(38(52)53)44-37(51)32-15-13-31(14-16-32)27-46(10)21-19-36(49)50;1-5(7)6(2,3)4/h13-16,33H,11-12,17-30H2,1-10H3,(H,43,47)(H,44,51)(H,45,48)(H,49,50)(H,52,53);1-4H3. The van der Waals surface area contributed by atoms with E-state index in [1.807, 2.05) is 74.1 Å². The molecular weight excluding hydrogens is 825 g/mol. The monoisotopic (exact) mass is 909 g/mol. The molecule has 0 bridgehead atoms. The van der Waals surface area contributed by atoms with Crippen molar-refractivity contribution in [1.29, 1.82) is 0 Å². The lowest BCUT2D eigenvalue weighted by Crippen LogP contribution is -2.56. The molecule has 0 saturated carbocycles. The third-order valence-electron chi connectivity index (χ3n) is 11.6. The molecule has 3 amide bonds. The van der Waals surface area contributed by atoms with Gasteiger partial charge in [-0.15, -0.1) is 0 Å². The highest BCUT2D eigenvalue weighted by Crippen LogP contribution is 2.37. The third-order valence-corrected chi connectivity index (χ3v) is 11.6. The maximum Gasteiger partial charge on any atom is 0.326 e. The average Bonchev–Trinajstić information content (AvgIpc) is 3.19. The van der Waals surface area contributed by atoms with Gasteiger partial charge in [0.05, 0.1) is 45.1 Å². The fourth-order valence-electron chi connectivity index (χ4n) is 5.68. The SMILES string of the molecule is CC(=O)C(C)(C)C.CCC(C)(CNC(=O)CCC(NC(=O)c1ccc(CN(C)CCC(=O)O)cc1)C(=O)O)COCCOCC(=O)NC(C)(CC)C(C)(C)CCOCCOC(C)(C)C. The van der Waals surface area contributed by atoms with Crippen molar-refractivity contribution in [3.63, 3.8) is 0 Å². The highest BCUT2D eigenvalue weighted by molar-refractivity contribution is 5.96. The van der Waals surface area contributed by atoms with Gasteiger partial charge in [-0.2, -0.15) is 0 Å². The van der Waals surface area contributed by atoms with Crippen LogP contribution in [0.1, 0.15) is 144 Å². The van der Waals surface area contributed by atoms with Crippen molar-refractivity contribution in [1.82, 2.24) is 20.9 Å². The first-order valence-electron chi connectivity index (χ1n) is 22.5. The van der Waals surface area contributed by atoms with Gasteiger partial charge >= 0.3 is 11.9 Å². The Morgan fingerprint density at radius 2 is 1.33 bits per heavy atom. The highest BCUT2D eigenvalue weighted by Gasteiger charge is 2.40. The normalized spacial score (nSPS) is 14.3. The second kappa shape index (κ2) is 28.8. The molecule has 0 spiro atoms. The molecule has 0 heterocycles. The topological polar surface area (TPSA) is 219 Å². The summed E-state index contributed by atoms with van der Waals surface area (Å²) in [4.78, 5) is 73.4. The molecule has 0 aliphatic rings. The molecule has 1 aromatic carbocycles. The number of carboxylic acids is 2. The minimum absolute atomic E-state index is 0.0178. The van der Waals surface area contributed by atoms with Gasteiger partial charge in [0.15, 0.2) is 0 Å². The van der Waals surface area contributed by atoms with Crippen LogP contribution in [0.4, 0.5) is 0 Å². The number of carboxylic acid groups (broad SMARTS) is 2. The number of carbonyl (C=O) groups excluding carboxylic acids is 4. The number of nitrogens with zero attached hydrogens (tertiary/aromatic N) is 1. The number of ether oxygens (including phenoxy) is 4. The Hall–Kier alpha value is -3.96. The van der Waals surface area contributed by atoms with E-state index >= 15 is 0 Å². The van der Waals surface area contributed by atoms with E-state index in [0.29, 0.717) is 52.5 Å². The first-order chi connectivity index (χ1) is 29.5. The van der Waals surface area contributed by atoms with E-state index in [2.05, 4.69) is 29.8 Å². The fourth-order valence-corrected chi connectivity index (χ4v) is 5.68. The van der Waals surface area contributed by atoms with E-state index in [4.69, 9.17) is 24.1 Å². The molecule has 0 aliphatic heterocycles. The van der Waals surface area contributed by atoms with Gasteiger partial charge < -0.3 is 50.0 Å². The van der Waals surface area contributed by atoms with Gasteiger partial charge in [0, 0.05) is 54.6 Å². The van der Waals surface area contributed by atoms with Crippen molar-refractivity contribution in [2.75, 3.05) is 66.4 Å². The molecule has 368 valence electrons. The van der Waals surface area contributed by atoms with Crippen LogP contribution in [0.3, 0.4) is 0 Å². The highest BCUT2D eigenvalue weighted by atomic mass is 16.5. The smallest absolute Gasteiger partial charge is 0.326 e. The van der Waals surface area contributed by atoms with Gasteiger partial charge in [-0.25, -0.2) is 4.79 Å². The zero-order chi connectivity index (χ0) is 49.4. The molecule has 0 aromatic heterocycles. The lowest BCUT2D eigenvalue weighted by Gasteiger charge is -2.44. The van der Waals surface area contributed by atoms with Crippen LogP contribution in [0.15, 0.2) is 24.3 Å². The Morgan fingerprint density at radius 3 is 1.84 bits per heavy atom. The summed E-state index contributed by atoms with van der Waals surface area (Å²) in [5.41, 5.74) is -0.307. The van der Waals surface area contributed by atoms with Gasteiger partial charge in [0.2, 0.25) is 11.8 Å². The van der Waals surface area contributed by atoms with Gasteiger partial charge in [-0.05, 0) is 90.5 Å². The molecule has 1 rings (SSSR count). The first-order valence-corrected chi connectivity index (χ1v) is 22.5. The largest absolute Gasteiger partial charge is 0.481 e. The van der Waals surface area contributed by atoms with Gasteiger partial charge in [-0.3, -0.25) is 24.0 Å². The first kappa shape index (κ1) is 60.0. The van der Waals surface area contributed by atoms with Crippen molar-refractivity contribution in [2.24, 2.45) is 16.2 Å². The molecule has 64 heavy (non-hydrogen) atoms. The summed E-state index contributed by atoms with van der Waals surface area (Å²) >= 11 is 0. The zero-order valence-electron chi connectivity index (χ0n) is 41.6. The van der Waals surface area contributed by atoms with E-state index < -0.39 is 34.8 Å². The summed E-state index contributed by atoms with van der Waals surface area (Å²) in [6.45, 7) is 29.1. The summed E-state index contributed by atoms with van der Waals surface area (Å²) in [5, 5.41) is 27.1. The van der Waals surface area contributed by atoms with Crippen LogP contribution in [0.5, 0.6) is 0 Å². The minimum Gasteiger partial charge on any atom is -0.481 e. The van der Waals surface area contributed by atoms with E-state index in [1.54, 1.807) is 38.2 Å². The summed E-state index contributed by atoms with van der Waals surface area (Å²) in [6, 6.07) is 5.35. The zero-order valence-corrected chi connectivity index (χ0v) is 41.6. The maximum absolute atomic E-state index is 12.9. The Balaban J connectivity index is 0.00000520. The lowest BCUT2D eigenvalue weighted by atomic mass is 9.69. The predicted octanol–water partition coefficient (Wildman–Crippen LogP) is 6.28. The Labute approximate surface area is 383 Å². The van der Waals surface area contributed by atoms with Crippen LogP contribution in [0.25, 0.3) is 0 Å². The van der Waals surface area contributed by atoms with E-state index in [1.165, 1.54) is 0 Å². The number of hydrogen-bond donors (Lipinski definition) is 5. The van der Waals surface area contributed by atoms with Crippen molar-refractivity contribution in [2.45, 2.75) is 152 Å². The van der Waals surface area contributed by atoms with Gasteiger partial charge in [0.1, 0.15) is 18.4 Å². The number of amides is 3. The Kier molecular flexibility index (Phi) is 27.1. The maximum atomic E-state index is 12.9. The van der Waals surface area contributed by atoms with Crippen molar-refractivity contribution < 1.29 is 57.9 Å². The molecule has 0 saturated heterocycles. The molecule has 0 fully saturated rings. The van der Waals surface area contributed by atoms with E-state index in [9.17, 15) is 33.9 Å². The molecule has 0 radical (unpaired) electrons. The summed E-state index contributed by atoms with van der Waals surface area (Å²) in [6.07, 6.45) is 2.01. The van der Waals surface area contributed by atoms with E-state index in [0.717, 1.165) is 18.4 Å². The number of Topliss-reactive ketones (excluding diaryl/α,β-unsaturated/α-hetero) is 1. The van der Waals surface area contributed by atoms with E-state index in [-0.39, 0.29) is 78.7 Å². The number of nitrogens with one attached hydrogen (secondary N) is 3. The van der Waals surface area contributed by atoms with Crippen LogP contribution in [-0.4, -0.2) is 134 Å². The molecular formula is C48H84N4O12. The number of carbonyl (C=O) groups is 6. The van der Waals surface area contributed by atoms with Crippen LogP contribution >= 0.6 is 0 Å². The minimum atomic E-state index is -1.26. The van der Waals surface area contributed by atoms with Crippen molar-refractivity contribution in [3.05, 3.63) is 35.4 Å². The summed E-state index contributed by atoms with van der Waals surface area (Å²) < 4.78 is 23.0. The Morgan fingerprint density at radius 1 is 0.750 bits per heavy atom. The molecule has 3 atom stereocenters. The fraction of sp³-hybridized carbons (Fsp3) is 0.750. The molecule has 16 nitrogen and oxygen atoms in total. The second-order valence-electron chi connectivity index (χ2n) is 19.8. The molecule has 3 unspecified atom stereocenters. The number of ketones is 1. The average molecular weight is 909 g/mol. The number of rotatable bonds is 30. The molecule has 16 heteroatoms. The number of hydrogen-bond acceptors (Lipinski definition) is 11. The predicted molar refractivity (Wildman–Crippen MR) is 248 cm³/mol. The lowest BCUT2D eigenvalue weighted by molar-refractivity contribution is -0.140. The Bertz CT molecular complexity index is 1590. The quantitative estimate of drug-likeness (QED) is 0.0538. The van der Waals surface area contributed by atoms with Gasteiger partial charge in [0.25, 0.3) is 5.91 Å². The van der Waals surface area contributed by atoms with Crippen LogP contribution in [0.2, 0.25) is 0 Å². The molecule has 0 aliphatic carbocycles. The molecule has 1 aromatic rings. The van der Waals surface area contributed by atoms with Crippen LogP contribution in [0, 0.1) is 16.2 Å². The summed E-state index contributed by atoms with van der Waals surface area (Å²) in [5.74, 6) is -3.01. The second-order valence-corrected chi connectivity index (χ2v) is 19.8. The third kappa shape index (κ3) is 26.1. The molecule has 5 N–H and O–H groups in total. The van der Waals surface area contributed by atoms with Crippen LogP contribution in [-0.2, 0) is 49.5 Å². The van der Waals surface area contributed by atoms with Gasteiger partial charge in [-0.1, -0.05) is 67.5 Å². The number of aliphatic carboxylic acids is 2. The van der Waals surface area contributed by atoms with Crippen molar-refractivity contribution >= 4 is 35.4 Å². The summed E-state index contributed by atoms with van der Waals surface area (Å²) in [7, 11) is 1.80. The van der Waals surface area contributed by atoms with Crippen LogP contribution < -0.4 is 16.0 Å².